The van der Waals surface area contributed by atoms with Gasteiger partial charge in [0.1, 0.15) is 5.82 Å². The summed E-state index contributed by atoms with van der Waals surface area (Å²) in [5.41, 5.74) is 0.658. The summed E-state index contributed by atoms with van der Waals surface area (Å²) < 4.78 is 18.9. The van der Waals surface area contributed by atoms with E-state index in [0.29, 0.717) is 30.2 Å². The third-order valence-corrected chi connectivity index (χ3v) is 3.69. The Morgan fingerprint density at radius 2 is 2.25 bits per heavy atom. The molecule has 16 heavy (non-hydrogen) atoms. The van der Waals surface area contributed by atoms with Gasteiger partial charge in [0.2, 0.25) is 0 Å². The summed E-state index contributed by atoms with van der Waals surface area (Å²) in [4.78, 5) is 0. The van der Waals surface area contributed by atoms with E-state index in [-0.39, 0.29) is 17.1 Å². The second-order valence-electron chi connectivity index (χ2n) is 4.08. The largest absolute Gasteiger partial charge is 0.381 e. The standard InChI is InChI=1S/C12H13Cl2FO/c13-10-2-1-8(12(15)6-10)5-9-7-16-4-3-11(9)14/h1-2,6,9,11H,3-5,7H2. The van der Waals surface area contributed by atoms with Gasteiger partial charge < -0.3 is 4.74 Å². The number of halogens is 3. The second kappa shape index (κ2) is 5.35. The molecule has 1 aliphatic heterocycles. The summed E-state index contributed by atoms with van der Waals surface area (Å²) in [6.07, 6.45) is 1.44. The van der Waals surface area contributed by atoms with Crippen LogP contribution in [0, 0.1) is 11.7 Å². The van der Waals surface area contributed by atoms with Crippen molar-refractivity contribution in [2.45, 2.75) is 18.2 Å². The number of hydrogen-bond acceptors (Lipinski definition) is 1. The molecule has 1 saturated heterocycles. The molecule has 4 heteroatoms. The van der Waals surface area contributed by atoms with E-state index in [1.807, 2.05) is 0 Å². The lowest BCUT2D eigenvalue weighted by atomic mass is 9.93. The Morgan fingerprint density at radius 3 is 2.94 bits per heavy atom. The van der Waals surface area contributed by atoms with E-state index < -0.39 is 0 Å². The molecule has 2 atom stereocenters. The van der Waals surface area contributed by atoms with Gasteiger partial charge in [0, 0.05) is 22.9 Å². The van der Waals surface area contributed by atoms with Crippen LogP contribution < -0.4 is 0 Å². The molecular formula is C12H13Cl2FO. The van der Waals surface area contributed by atoms with E-state index >= 15 is 0 Å². The van der Waals surface area contributed by atoms with Gasteiger partial charge in [-0.2, -0.15) is 0 Å². The first kappa shape index (κ1) is 12.2. The second-order valence-corrected chi connectivity index (χ2v) is 5.08. The Kier molecular flexibility index (Phi) is 4.06. The fraction of sp³-hybridized carbons (Fsp3) is 0.500. The fourth-order valence-corrected chi connectivity index (χ4v) is 2.34. The van der Waals surface area contributed by atoms with Crippen molar-refractivity contribution in [3.63, 3.8) is 0 Å². The molecule has 0 saturated carbocycles. The van der Waals surface area contributed by atoms with Gasteiger partial charge in [0.25, 0.3) is 0 Å². The van der Waals surface area contributed by atoms with Crippen LogP contribution in [0.15, 0.2) is 18.2 Å². The predicted molar refractivity (Wildman–Crippen MR) is 63.7 cm³/mol. The smallest absolute Gasteiger partial charge is 0.127 e. The SMILES string of the molecule is Fc1cc(Cl)ccc1CC1COCCC1Cl. The van der Waals surface area contributed by atoms with Crippen molar-refractivity contribution in [1.82, 2.24) is 0 Å². The van der Waals surface area contributed by atoms with Crippen LogP contribution in [0.3, 0.4) is 0 Å². The van der Waals surface area contributed by atoms with E-state index in [0.717, 1.165) is 6.42 Å². The first-order valence-corrected chi connectivity index (χ1v) is 6.14. The van der Waals surface area contributed by atoms with Crippen LogP contribution in [0.2, 0.25) is 5.02 Å². The highest BCUT2D eigenvalue weighted by atomic mass is 35.5. The Morgan fingerprint density at radius 1 is 1.44 bits per heavy atom. The molecular weight excluding hydrogens is 250 g/mol. The summed E-state index contributed by atoms with van der Waals surface area (Å²) in [6, 6.07) is 4.76. The Bertz CT molecular complexity index is 370. The molecule has 88 valence electrons. The van der Waals surface area contributed by atoms with Crippen molar-refractivity contribution >= 4 is 23.2 Å². The van der Waals surface area contributed by atoms with Crippen LogP contribution in [0.25, 0.3) is 0 Å². The molecule has 1 heterocycles. The summed E-state index contributed by atoms with van der Waals surface area (Å²) in [5.74, 6) is -0.0759. The minimum atomic E-state index is -0.262. The Labute approximate surface area is 105 Å². The van der Waals surface area contributed by atoms with Crippen molar-refractivity contribution in [2.24, 2.45) is 5.92 Å². The molecule has 1 aromatic rings. The molecule has 1 aliphatic rings. The zero-order chi connectivity index (χ0) is 11.5. The number of hydrogen-bond donors (Lipinski definition) is 0. The lowest BCUT2D eigenvalue weighted by molar-refractivity contribution is 0.0575. The lowest BCUT2D eigenvalue weighted by Gasteiger charge is -2.27. The van der Waals surface area contributed by atoms with Crippen LogP contribution >= 0.6 is 23.2 Å². The monoisotopic (exact) mass is 262 g/mol. The Hall–Kier alpha value is -0.310. The van der Waals surface area contributed by atoms with E-state index in [9.17, 15) is 4.39 Å². The molecule has 0 aliphatic carbocycles. The van der Waals surface area contributed by atoms with Crippen molar-refractivity contribution in [3.8, 4) is 0 Å². The Balaban J connectivity index is 2.07. The van der Waals surface area contributed by atoms with Gasteiger partial charge in [0.15, 0.2) is 0 Å². The summed E-state index contributed by atoms with van der Waals surface area (Å²) in [5, 5.41) is 0.493. The van der Waals surface area contributed by atoms with Crippen LogP contribution in [-0.4, -0.2) is 18.6 Å². The topological polar surface area (TPSA) is 9.23 Å². The third kappa shape index (κ3) is 2.88. The molecule has 0 aromatic heterocycles. The van der Waals surface area contributed by atoms with Gasteiger partial charge >= 0.3 is 0 Å². The average Bonchev–Trinajstić information content (AvgIpc) is 2.25. The molecule has 0 N–H and O–H groups in total. The molecule has 1 aromatic carbocycles. The molecule has 0 spiro atoms. The van der Waals surface area contributed by atoms with E-state index in [2.05, 4.69) is 0 Å². The van der Waals surface area contributed by atoms with Crippen LogP contribution in [0.4, 0.5) is 4.39 Å². The van der Waals surface area contributed by atoms with E-state index in [4.69, 9.17) is 27.9 Å². The van der Waals surface area contributed by atoms with Crippen molar-refractivity contribution in [1.29, 1.82) is 0 Å². The number of alkyl halides is 1. The maximum atomic E-state index is 13.6. The highest BCUT2D eigenvalue weighted by Crippen LogP contribution is 2.26. The van der Waals surface area contributed by atoms with E-state index in [1.54, 1.807) is 12.1 Å². The van der Waals surface area contributed by atoms with E-state index in [1.165, 1.54) is 6.07 Å². The minimum absolute atomic E-state index is 0.0730. The number of rotatable bonds is 2. The van der Waals surface area contributed by atoms with Crippen molar-refractivity contribution in [2.75, 3.05) is 13.2 Å². The normalized spacial score (nSPS) is 25.7. The van der Waals surface area contributed by atoms with Gasteiger partial charge in [-0.25, -0.2) is 4.39 Å². The lowest BCUT2D eigenvalue weighted by Crippen LogP contribution is -2.29. The first-order chi connectivity index (χ1) is 7.66. The van der Waals surface area contributed by atoms with Crippen LogP contribution in [-0.2, 0) is 11.2 Å². The summed E-state index contributed by atoms with van der Waals surface area (Å²) >= 11 is 11.9. The zero-order valence-corrected chi connectivity index (χ0v) is 10.3. The summed E-state index contributed by atoms with van der Waals surface area (Å²) in [6.45, 7) is 1.31. The summed E-state index contributed by atoms with van der Waals surface area (Å²) in [7, 11) is 0. The van der Waals surface area contributed by atoms with Gasteiger partial charge in [-0.1, -0.05) is 17.7 Å². The number of ether oxygens (including phenoxy) is 1. The van der Waals surface area contributed by atoms with Gasteiger partial charge in [-0.15, -0.1) is 11.6 Å². The molecule has 0 radical (unpaired) electrons. The van der Waals surface area contributed by atoms with Gasteiger partial charge in [-0.05, 0) is 30.5 Å². The first-order valence-electron chi connectivity index (χ1n) is 5.32. The maximum absolute atomic E-state index is 13.6. The minimum Gasteiger partial charge on any atom is -0.381 e. The fourth-order valence-electron chi connectivity index (χ4n) is 1.93. The third-order valence-electron chi connectivity index (χ3n) is 2.88. The highest BCUT2D eigenvalue weighted by molar-refractivity contribution is 6.30. The molecule has 0 amide bonds. The maximum Gasteiger partial charge on any atom is 0.127 e. The molecule has 1 fully saturated rings. The predicted octanol–water partition coefficient (Wildman–Crippen LogP) is 3.67. The quantitative estimate of drug-likeness (QED) is 0.740. The van der Waals surface area contributed by atoms with Gasteiger partial charge in [-0.3, -0.25) is 0 Å². The highest BCUT2D eigenvalue weighted by Gasteiger charge is 2.24. The van der Waals surface area contributed by atoms with Crippen molar-refractivity contribution < 1.29 is 9.13 Å². The van der Waals surface area contributed by atoms with Crippen LogP contribution in [0.5, 0.6) is 0 Å². The molecule has 2 rings (SSSR count). The van der Waals surface area contributed by atoms with Crippen molar-refractivity contribution in [3.05, 3.63) is 34.6 Å². The van der Waals surface area contributed by atoms with Gasteiger partial charge in [0.05, 0.1) is 6.61 Å². The van der Waals surface area contributed by atoms with Crippen LogP contribution in [0.1, 0.15) is 12.0 Å². The average molecular weight is 263 g/mol. The zero-order valence-electron chi connectivity index (χ0n) is 8.76. The molecule has 2 unspecified atom stereocenters. The molecule has 1 nitrogen and oxygen atoms in total. The number of benzene rings is 1. The molecule has 0 bridgehead atoms.